The van der Waals surface area contributed by atoms with Crippen LogP contribution >= 0.6 is 0 Å². The molecular formula is C14H22N2O. The van der Waals surface area contributed by atoms with Crippen molar-refractivity contribution in [1.82, 2.24) is 10.2 Å². The Morgan fingerprint density at radius 2 is 2.06 bits per heavy atom. The maximum Gasteiger partial charge on any atom is 0.0445 e. The van der Waals surface area contributed by atoms with Crippen molar-refractivity contribution in [3.05, 3.63) is 35.9 Å². The topological polar surface area (TPSA) is 35.5 Å². The van der Waals surface area contributed by atoms with Crippen LogP contribution in [-0.4, -0.2) is 42.8 Å². The molecule has 1 aromatic rings. The normalized spacial score (nSPS) is 18.9. The van der Waals surface area contributed by atoms with Crippen molar-refractivity contribution in [3.8, 4) is 0 Å². The molecule has 0 bridgehead atoms. The molecule has 2 N–H and O–H groups in total. The van der Waals surface area contributed by atoms with Gasteiger partial charge in [0, 0.05) is 32.3 Å². The SMILES string of the molecule is CN[C@@H](CCO)C1CN(Cc2ccccc2)C1. The Morgan fingerprint density at radius 3 is 2.65 bits per heavy atom. The molecule has 0 amide bonds. The molecule has 0 spiro atoms. The van der Waals surface area contributed by atoms with Crippen molar-refractivity contribution < 1.29 is 5.11 Å². The molecule has 0 unspecified atom stereocenters. The van der Waals surface area contributed by atoms with E-state index in [0.29, 0.717) is 12.0 Å². The van der Waals surface area contributed by atoms with Crippen molar-refractivity contribution in [2.75, 3.05) is 26.7 Å². The fourth-order valence-electron chi connectivity index (χ4n) is 2.59. The van der Waals surface area contributed by atoms with Gasteiger partial charge in [-0.15, -0.1) is 0 Å². The van der Waals surface area contributed by atoms with Gasteiger partial charge in [0.05, 0.1) is 0 Å². The maximum atomic E-state index is 8.98. The van der Waals surface area contributed by atoms with Gasteiger partial charge in [-0.05, 0) is 24.9 Å². The van der Waals surface area contributed by atoms with Crippen molar-refractivity contribution in [2.24, 2.45) is 5.92 Å². The minimum absolute atomic E-state index is 0.278. The second-order valence-corrected chi connectivity index (χ2v) is 4.85. The largest absolute Gasteiger partial charge is 0.396 e. The summed E-state index contributed by atoms with van der Waals surface area (Å²) in [6, 6.07) is 11.1. The Kier molecular flexibility index (Phi) is 4.54. The molecule has 2 rings (SSSR count). The maximum absolute atomic E-state index is 8.98. The first-order valence-electron chi connectivity index (χ1n) is 6.38. The molecule has 1 heterocycles. The van der Waals surface area contributed by atoms with E-state index in [2.05, 4.69) is 40.5 Å². The average molecular weight is 234 g/mol. The van der Waals surface area contributed by atoms with E-state index < -0.39 is 0 Å². The highest BCUT2D eigenvalue weighted by atomic mass is 16.3. The Bertz CT molecular complexity index is 322. The van der Waals surface area contributed by atoms with Crippen LogP contribution in [-0.2, 0) is 6.54 Å². The predicted octanol–water partition coefficient (Wildman–Crippen LogP) is 1.09. The standard InChI is InChI=1S/C14H22N2O/c1-15-14(7-8-17)13-10-16(11-13)9-12-5-3-2-4-6-12/h2-6,13-15,17H,7-11H2,1H3/t14-/m0/s1. The summed E-state index contributed by atoms with van der Waals surface area (Å²) in [5, 5.41) is 12.3. The summed E-state index contributed by atoms with van der Waals surface area (Å²) in [7, 11) is 1.99. The number of nitrogens with zero attached hydrogens (tertiary/aromatic N) is 1. The number of likely N-dealkylation sites (tertiary alicyclic amines) is 1. The molecule has 1 aliphatic heterocycles. The first-order chi connectivity index (χ1) is 8.33. The van der Waals surface area contributed by atoms with Gasteiger partial charge in [-0.2, -0.15) is 0 Å². The fraction of sp³-hybridized carbons (Fsp3) is 0.571. The first-order valence-corrected chi connectivity index (χ1v) is 6.38. The number of hydrogen-bond donors (Lipinski definition) is 2. The van der Waals surface area contributed by atoms with Crippen LogP contribution in [0.5, 0.6) is 0 Å². The molecule has 1 aliphatic rings. The molecule has 0 aromatic heterocycles. The number of benzene rings is 1. The van der Waals surface area contributed by atoms with Crippen LogP contribution in [0.15, 0.2) is 30.3 Å². The fourth-order valence-corrected chi connectivity index (χ4v) is 2.59. The van der Waals surface area contributed by atoms with Crippen LogP contribution in [0.2, 0.25) is 0 Å². The molecular weight excluding hydrogens is 212 g/mol. The lowest BCUT2D eigenvalue weighted by atomic mass is 9.89. The second-order valence-electron chi connectivity index (χ2n) is 4.85. The summed E-state index contributed by atoms with van der Waals surface area (Å²) in [4.78, 5) is 2.46. The molecule has 3 heteroatoms. The lowest BCUT2D eigenvalue weighted by molar-refractivity contribution is 0.0585. The summed E-state index contributed by atoms with van der Waals surface area (Å²) in [6.07, 6.45) is 0.861. The lowest BCUT2D eigenvalue weighted by Gasteiger charge is -2.43. The van der Waals surface area contributed by atoms with Gasteiger partial charge in [-0.1, -0.05) is 30.3 Å². The van der Waals surface area contributed by atoms with E-state index in [1.165, 1.54) is 5.56 Å². The zero-order chi connectivity index (χ0) is 12.1. The second kappa shape index (κ2) is 6.15. The monoisotopic (exact) mass is 234 g/mol. The lowest BCUT2D eigenvalue weighted by Crippen LogP contribution is -2.54. The van der Waals surface area contributed by atoms with Crippen LogP contribution < -0.4 is 5.32 Å². The summed E-state index contributed by atoms with van der Waals surface area (Å²) in [5.41, 5.74) is 1.38. The third-order valence-corrected chi connectivity index (χ3v) is 3.61. The predicted molar refractivity (Wildman–Crippen MR) is 69.8 cm³/mol. The smallest absolute Gasteiger partial charge is 0.0445 e. The van der Waals surface area contributed by atoms with Gasteiger partial charge in [0.2, 0.25) is 0 Å². The molecule has 17 heavy (non-hydrogen) atoms. The summed E-state index contributed by atoms with van der Waals surface area (Å²) in [5.74, 6) is 0.691. The number of hydrogen-bond acceptors (Lipinski definition) is 3. The highest BCUT2D eigenvalue weighted by Crippen LogP contribution is 2.22. The Hall–Kier alpha value is -0.900. The third-order valence-electron chi connectivity index (χ3n) is 3.61. The van der Waals surface area contributed by atoms with E-state index in [1.807, 2.05) is 7.05 Å². The van der Waals surface area contributed by atoms with Crippen LogP contribution in [0, 0.1) is 5.92 Å². The zero-order valence-corrected chi connectivity index (χ0v) is 10.5. The van der Waals surface area contributed by atoms with Gasteiger partial charge in [-0.3, -0.25) is 4.90 Å². The highest BCUT2D eigenvalue weighted by molar-refractivity contribution is 5.15. The van der Waals surface area contributed by atoms with Crippen LogP contribution in [0.25, 0.3) is 0 Å². The number of rotatable bonds is 6. The average Bonchev–Trinajstić information content (AvgIpc) is 2.32. The van der Waals surface area contributed by atoms with Crippen LogP contribution in [0.3, 0.4) is 0 Å². The van der Waals surface area contributed by atoms with Crippen molar-refractivity contribution >= 4 is 0 Å². The Labute approximate surface area is 103 Å². The molecule has 1 saturated heterocycles. The molecule has 0 aliphatic carbocycles. The van der Waals surface area contributed by atoms with E-state index in [-0.39, 0.29) is 6.61 Å². The summed E-state index contributed by atoms with van der Waals surface area (Å²) >= 11 is 0. The van der Waals surface area contributed by atoms with Gasteiger partial charge < -0.3 is 10.4 Å². The Morgan fingerprint density at radius 1 is 1.35 bits per heavy atom. The third kappa shape index (κ3) is 3.28. The van der Waals surface area contributed by atoms with Gasteiger partial charge in [0.25, 0.3) is 0 Å². The molecule has 1 atom stereocenters. The summed E-state index contributed by atoms with van der Waals surface area (Å²) in [6.45, 7) is 3.61. The van der Waals surface area contributed by atoms with E-state index in [9.17, 15) is 0 Å². The molecule has 94 valence electrons. The highest BCUT2D eigenvalue weighted by Gasteiger charge is 2.31. The van der Waals surface area contributed by atoms with Crippen molar-refractivity contribution in [1.29, 1.82) is 0 Å². The Balaban J connectivity index is 1.75. The van der Waals surface area contributed by atoms with Gasteiger partial charge in [0.1, 0.15) is 0 Å². The number of nitrogens with one attached hydrogen (secondary N) is 1. The van der Waals surface area contributed by atoms with Crippen molar-refractivity contribution in [2.45, 2.75) is 19.0 Å². The van der Waals surface area contributed by atoms with Crippen LogP contribution in [0.4, 0.5) is 0 Å². The number of aliphatic hydroxyl groups is 1. The van der Waals surface area contributed by atoms with Crippen molar-refractivity contribution in [3.63, 3.8) is 0 Å². The summed E-state index contributed by atoms with van der Waals surface area (Å²) < 4.78 is 0. The number of aliphatic hydroxyl groups excluding tert-OH is 1. The van der Waals surface area contributed by atoms with Gasteiger partial charge >= 0.3 is 0 Å². The van der Waals surface area contributed by atoms with Gasteiger partial charge in [0.15, 0.2) is 0 Å². The van der Waals surface area contributed by atoms with E-state index in [1.54, 1.807) is 0 Å². The molecule has 1 fully saturated rings. The van der Waals surface area contributed by atoms with E-state index >= 15 is 0 Å². The molecule has 3 nitrogen and oxygen atoms in total. The van der Waals surface area contributed by atoms with Gasteiger partial charge in [-0.25, -0.2) is 0 Å². The quantitative estimate of drug-likeness (QED) is 0.773. The molecule has 0 saturated carbocycles. The molecule has 1 aromatic carbocycles. The zero-order valence-electron chi connectivity index (χ0n) is 10.5. The first kappa shape index (κ1) is 12.6. The van der Waals surface area contributed by atoms with Crippen LogP contribution in [0.1, 0.15) is 12.0 Å². The molecule has 0 radical (unpaired) electrons. The minimum atomic E-state index is 0.278. The van der Waals surface area contributed by atoms with E-state index in [0.717, 1.165) is 26.1 Å². The minimum Gasteiger partial charge on any atom is -0.396 e. The van der Waals surface area contributed by atoms with E-state index in [4.69, 9.17) is 5.11 Å².